The Bertz CT molecular complexity index is 501. The summed E-state index contributed by atoms with van der Waals surface area (Å²) in [6, 6.07) is 7.48. The zero-order valence-electron chi connectivity index (χ0n) is 12.6. The average molecular weight is 304 g/mol. The molecule has 0 bridgehead atoms. The van der Waals surface area contributed by atoms with E-state index in [-0.39, 0.29) is 0 Å². The first-order chi connectivity index (χ1) is 10.3. The van der Waals surface area contributed by atoms with E-state index in [1.165, 1.54) is 18.4 Å². The third-order valence-corrected chi connectivity index (χ3v) is 4.92. The lowest BCUT2D eigenvalue weighted by molar-refractivity contribution is 0.174. The Morgan fingerprint density at radius 2 is 2.24 bits per heavy atom. The van der Waals surface area contributed by atoms with Crippen molar-refractivity contribution in [3.05, 3.63) is 46.5 Å². The van der Waals surface area contributed by atoms with Gasteiger partial charge in [-0.3, -0.25) is 4.90 Å². The first-order valence-corrected chi connectivity index (χ1v) is 8.76. The van der Waals surface area contributed by atoms with Gasteiger partial charge in [0.2, 0.25) is 0 Å². The number of nitrogens with zero attached hydrogens (tertiary/aromatic N) is 1. The molecule has 114 valence electrons. The summed E-state index contributed by atoms with van der Waals surface area (Å²) in [6.45, 7) is 5.56. The van der Waals surface area contributed by atoms with Crippen molar-refractivity contribution in [1.82, 2.24) is 10.2 Å². The van der Waals surface area contributed by atoms with Gasteiger partial charge < -0.3 is 9.73 Å². The number of hydrogen-bond donors (Lipinski definition) is 1. The Kier molecular flexibility index (Phi) is 5.12. The van der Waals surface area contributed by atoms with Crippen molar-refractivity contribution < 1.29 is 4.42 Å². The van der Waals surface area contributed by atoms with Crippen LogP contribution in [0.4, 0.5) is 0 Å². The molecule has 4 heteroatoms. The third-order valence-electron chi connectivity index (χ3n) is 4.19. The Hall–Kier alpha value is -1.10. The number of thiophene rings is 1. The summed E-state index contributed by atoms with van der Waals surface area (Å²) in [5, 5.41) is 8.21. The van der Waals surface area contributed by atoms with Crippen molar-refractivity contribution in [2.45, 2.75) is 44.8 Å². The fourth-order valence-electron chi connectivity index (χ4n) is 3.10. The largest absolute Gasteiger partial charge is 0.468 e. The summed E-state index contributed by atoms with van der Waals surface area (Å²) >= 11 is 1.79. The summed E-state index contributed by atoms with van der Waals surface area (Å²) in [7, 11) is 0. The minimum Gasteiger partial charge on any atom is -0.468 e. The number of piperidine rings is 1. The van der Waals surface area contributed by atoms with Gasteiger partial charge in [-0.2, -0.15) is 11.3 Å². The number of nitrogens with one attached hydrogen (secondary N) is 1. The molecule has 1 aliphatic rings. The molecular weight excluding hydrogens is 280 g/mol. The predicted octanol–water partition coefficient (Wildman–Crippen LogP) is 3.53. The van der Waals surface area contributed by atoms with Crippen LogP contribution in [0.3, 0.4) is 0 Å². The van der Waals surface area contributed by atoms with Crippen LogP contribution in [0, 0.1) is 0 Å². The van der Waals surface area contributed by atoms with Gasteiger partial charge in [-0.25, -0.2) is 0 Å². The molecule has 1 N–H and O–H groups in total. The highest BCUT2D eigenvalue weighted by atomic mass is 32.1. The van der Waals surface area contributed by atoms with Crippen LogP contribution in [0.15, 0.2) is 39.6 Å². The van der Waals surface area contributed by atoms with E-state index in [4.69, 9.17) is 4.42 Å². The third kappa shape index (κ3) is 4.43. The van der Waals surface area contributed by atoms with Crippen molar-refractivity contribution in [3.8, 4) is 0 Å². The van der Waals surface area contributed by atoms with Gasteiger partial charge in [0.25, 0.3) is 0 Å². The lowest BCUT2D eigenvalue weighted by Gasteiger charge is -2.33. The van der Waals surface area contributed by atoms with E-state index < -0.39 is 0 Å². The lowest BCUT2D eigenvalue weighted by atomic mass is 10.0. The molecule has 3 nitrogen and oxygen atoms in total. The molecule has 1 saturated heterocycles. The smallest absolute Gasteiger partial charge is 0.117 e. The fourth-order valence-corrected chi connectivity index (χ4v) is 3.79. The summed E-state index contributed by atoms with van der Waals surface area (Å²) in [6.07, 6.45) is 5.36. The molecular formula is C17H24N2OS. The molecule has 0 amide bonds. The topological polar surface area (TPSA) is 28.4 Å². The van der Waals surface area contributed by atoms with Crippen molar-refractivity contribution in [1.29, 1.82) is 0 Å². The average Bonchev–Trinajstić information content (AvgIpc) is 3.14. The molecule has 1 aliphatic heterocycles. The summed E-state index contributed by atoms with van der Waals surface area (Å²) in [4.78, 5) is 2.49. The molecule has 0 saturated carbocycles. The van der Waals surface area contributed by atoms with E-state index in [1.54, 1.807) is 17.6 Å². The van der Waals surface area contributed by atoms with Crippen LogP contribution in [0.1, 0.15) is 31.1 Å². The predicted molar refractivity (Wildman–Crippen MR) is 87.6 cm³/mol. The maximum absolute atomic E-state index is 5.43. The first-order valence-electron chi connectivity index (χ1n) is 7.81. The monoisotopic (exact) mass is 304 g/mol. The highest BCUT2D eigenvalue weighted by Gasteiger charge is 2.21. The van der Waals surface area contributed by atoms with Crippen LogP contribution >= 0.6 is 11.3 Å². The Morgan fingerprint density at radius 3 is 2.90 bits per heavy atom. The van der Waals surface area contributed by atoms with Crippen molar-refractivity contribution in [3.63, 3.8) is 0 Å². The maximum atomic E-state index is 5.43. The molecule has 0 aliphatic carbocycles. The highest BCUT2D eigenvalue weighted by Crippen LogP contribution is 2.16. The van der Waals surface area contributed by atoms with Crippen LogP contribution in [0.25, 0.3) is 0 Å². The van der Waals surface area contributed by atoms with Gasteiger partial charge in [0, 0.05) is 25.2 Å². The van der Waals surface area contributed by atoms with Crippen molar-refractivity contribution in [2.24, 2.45) is 0 Å². The molecule has 1 atom stereocenters. The van der Waals surface area contributed by atoms with Gasteiger partial charge >= 0.3 is 0 Å². The molecule has 0 aromatic carbocycles. The summed E-state index contributed by atoms with van der Waals surface area (Å²) in [5.41, 5.74) is 1.45. The molecule has 3 heterocycles. The lowest BCUT2D eigenvalue weighted by Crippen LogP contribution is -2.45. The minimum atomic E-state index is 0.557. The van der Waals surface area contributed by atoms with Crippen molar-refractivity contribution in [2.75, 3.05) is 13.1 Å². The van der Waals surface area contributed by atoms with E-state index in [2.05, 4.69) is 40.0 Å². The van der Waals surface area contributed by atoms with Gasteiger partial charge in [-0.05, 0) is 60.7 Å². The van der Waals surface area contributed by atoms with Gasteiger partial charge in [0.15, 0.2) is 0 Å². The van der Waals surface area contributed by atoms with Gasteiger partial charge in [0.05, 0.1) is 12.8 Å². The first kappa shape index (κ1) is 14.8. The molecule has 1 unspecified atom stereocenters. The number of hydrogen-bond acceptors (Lipinski definition) is 4. The fraction of sp³-hybridized carbons (Fsp3) is 0.529. The van der Waals surface area contributed by atoms with Crippen LogP contribution in [0.5, 0.6) is 0 Å². The van der Waals surface area contributed by atoms with Gasteiger partial charge in [-0.15, -0.1) is 0 Å². The SMILES string of the molecule is CC(Cc1ccsc1)NC1CCN(Cc2ccco2)CC1. The Morgan fingerprint density at radius 1 is 1.38 bits per heavy atom. The Labute approximate surface area is 131 Å². The maximum Gasteiger partial charge on any atom is 0.117 e. The molecule has 0 spiro atoms. The van der Waals surface area contributed by atoms with Crippen LogP contribution in [-0.4, -0.2) is 30.1 Å². The number of rotatable bonds is 6. The summed E-state index contributed by atoms with van der Waals surface area (Å²) in [5.74, 6) is 1.08. The van der Waals surface area contributed by atoms with E-state index in [0.717, 1.165) is 31.8 Å². The second-order valence-corrected chi connectivity index (χ2v) is 6.81. The van der Waals surface area contributed by atoms with E-state index in [0.29, 0.717) is 12.1 Å². The molecule has 2 aromatic heterocycles. The van der Waals surface area contributed by atoms with Crippen LogP contribution in [-0.2, 0) is 13.0 Å². The minimum absolute atomic E-state index is 0.557. The molecule has 0 radical (unpaired) electrons. The zero-order valence-corrected chi connectivity index (χ0v) is 13.4. The standard InChI is InChI=1S/C17H24N2OS/c1-14(11-15-6-10-21-13-15)18-16-4-7-19(8-5-16)12-17-3-2-9-20-17/h2-3,6,9-10,13-14,16,18H,4-5,7-8,11-12H2,1H3. The molecule has 21 heavy (non-hydrogen) atoms. The molecule has 2 aromatic rings. The second kappa shape index (κ2) is 7.25. The van der Waals surface area contributed by atoms with Crippen LogP contribution < -0.4 is 5.32 Å². The summed E-state index contributed by atoms with van der Waals surface area (Å²) < 4.78 is 5.43. The van der Waals surface area contributed by atoms with E-state index in [9.17, 15) is 0 Å². The van der Waals surface area contributed by atoms with E-state index >= 15 is 0 Å². The quantitative estimate of drug-likeness (QED) is 0.885. The highest BCUT2D eigenvalue weighted by molar-refractivity contribution is 7.07. The molecule has 3 rings (SSSR count). The number of likely N-dealkylation sites (tertiary alicyclic amines) is 1. The molecule has 1 fully saturated rings. The second-order valence-electron chi connectivity index (χ2n) is 6.03. The normalized spacial score (nSPS) is 18.9. The number of furan rings is 1. The van der Waals surface area contributed by atoms with Gasteiger partial charge in [-0.1, -0.05) is 0 Å². The zero-order chi connectivity index (χ0) is 14.5. The Balaban J connectivity index is 1.39. The van der Waals surface area contributed by atoms with Crippen LogP contribution in [0.2, 0.25) is 0 Å². The van der Waals surface area contributed by atoms with Crippen molar-refractivity contribution >= 4 is 11.3 Å². The van der Waals surface area contributed by atoms with Gasteiger partial charge in [0.1, 0.15) is 5.76 Å². The van der Waals surface area contributed by atoms with E-state index in [1.807, 2.05) is 6.07 Å².